The van der Waals surface area contributed by atoms with Gasteiger partial charge in [-0.3, -0.25) is 0 Å². The van der Waals surface area contributed by atoms with Gasteiger partial charge >= 0.3 is 0 Å². The fourth-order valence-electron chi connectivity index (χ4n) is 3.28. The number of hydrogen-bond donors (Lipinski definition) is 0. The van der Waals surface area contributed by atoms with Crippen LogP contribution in [-0.2, 0) is 38.7 Å². The van der Waals surface area contributed by atoms with E-state index in [1.165, 1.54) is 41.2 Å². The van der Waals surface area contributed by atoms with Crippen molar-refractivity contribution in [2.24, 2.45) is 0 Å². The van der Waals surface area contributed by atoms with Gasteiger partial charge in [-0.15, -0.1) is 47.7 Å². The van der Waals surface area contributed by atoms with Crippen molar-refractivity contribution in [3.05, 3.63) is 65.7 Å². The van der Waals surface area contributed by atoms with Crippen molar-refractivity contribution < 1.29 is 25.8 Å². The predicted molar refractivity (Wildman–Crippen MR) is 91.5 cm³/mol. The monoisotopic (exact) mass is 483 g/mol. The maximum Gasteiger partial charge on any atom is 0 e. The summed E-state index contributed by atoms with van der Waals surface area (Å²) >= 11 is 0. The first-order chi connectivity index (χ1) is 8.93. The Balaban J connectivity index is 0.000000735. The van der Waals surface area contributed by atoms with E-state index in [4.69, 9.17) is 0 Å². The molecule has 1 aliphatic carbocycles. The van der Waals surface area contributed by atoms with Crippen molar-refractivity contribution in [2.75, 3.05) is 0 Å². The van der Waals surface area contributed by atoms with E-state index in [2.05, 4.69) is 54.6 Å². The van der Waals surface area contributed by atoms with Crippen LogP contribution in [0.3, 0.4) is 0 Å². The third-order valence-electron chi connectivity index (χ3n) is 4.07. The molecule has 0 saturated carbocycles. The van der Waals surface area contributed by atoms with E-state index in [0.717, 1.165) is 0 Å². The SMILES string of the molecule is Cl.Cl.[Hf].c1ccc(-c2c3c(cc4[cH-]ccc24)CCC3)cc1. The van der Waals surface area contributed by atoms with Gasteiger partial charge in [0.2, 0.25) is 0 Å². The number of fused-ring (bicyclic) bond motifs is 2. The van der Waals surface area contributed by atoms with E-state index in [1.54, 1.807) is 11.1 Å². The largest absolute Gasteiger partial charge is 0.168 e. The Hall–Kier alpha value is -0.500. The molecule has 21 heavy (non-hydrogen) atoms. The first kappa shape index (κ1) is 18.5. The van der Waals surface area contributed by atoms with Crippen LogP contribution in [0.25, 0.3) is 21.9 Å². The van der Waals surface area contributed by atoms with Crippen molar-refractivity contribution in [3.63, 3.8) is 0 Å². The van der Waals surface area contributed by atoms with Gasteiger partial charge in [0.05, 0.1) is 0 Å². The van der Waals surface area contributed by atoms with Crippen molar-refractivity contribution in [1.29, 1.82) is 0 Å². The third-order valence-corrected chi connectivity index (χ3v) is 4.07. The van der Waals surface area contributed by atoms with Crippen molar-refractivity contribution in [1.82, 2.24) is 0 Å². The van der Waals surface area contributed by atoms with E-state index >= 15 is 0 Å². The Kier molecular flexibility index (Phi) is 6.77. The summed E-state index contributed by atoms with van der Waals surface area (Å²) in [6.45, 7) is 0. The molecule has 0 unspecified atom stereocenters. The van der Waals surface area contributed by atoms with Gasteiger partial charge in [0.1, 0.15) is 0 Å². The first-order valence-electron chi connectivity index (χ1n) is 6.69. The van der Waals surface area contributed by atoms with Gasteiger partial charge in [-0.05, 0) is 24.8 Å². The molecule has 0 fully saturated rings. The van der Waals surface area contributed by atoms with E-state index in [1.807, 2.05) is 0 Å². The molecule has 0 heterocycles. The molecule has 0 N–H and O–H groups in total. The molecule has 0 radical (unpaired) electrons. The Morgan fingerprint density at radius 3 is 2.43 bits per heavy atom. The Morgan fingerprint density at radius 1 is 0.905 bits per heavy atom. The number of rotatable bonds is 1. The second-order valence-corrected chi connectivity index (χ2v) is 5.14. The van der Waals surface area contributed by atoms with Crippen molar-refractivity contribution in [3.8, 4) is 11.1 Å². The molecule has 0 nitrogen and oxygen atoms in total. The van der Waals surface area contributed by atoms with Crippen LogP contribution in [0.2, 0.25) is 0 Å². The molecule has 0 amide bonds. The standard InChI is InChI=1S/C18H15.2ClH.Hf/c1-2-6-13(7-3-1)18-16-10-4-8-14(16)12-15-9-5-11-17(15)18;;;/h1-4,6-8,10,12H,5,9,11H2;2*1H;/q-1;;;. The summed E-state index contributed by atoms with van der Waals surface area (Å²) in [7, 11) is 0. The molecule has 1 aliphatic rings. The maximum atomic E-state index is 2.39. The predicted octanol–water partition coefficient (Wildman–Crippen LogP) is 5.56. The Labute approximate surface area is 156 Å². The summed E-state index contributed by atoms with van der Waals surface area (Å²) in [4.78, 5) is 0. The molecule has 4 rings (SSSR count). The molecule has 3 aromatic carbocycles. The molecule has 0 saturated heterocycles. The summed E-state index contributed by atoms with van der Waals surface area (Å²) < 4.78 is 0. The fourth-order valence-corrected chi connectivity index (χ4v) is 3.28. The smallest absolute Gasteiger partial charge is 0 e. The van der Waals surface area contributed by atoms with Crippen molar-refractivity contribution >= 4 is 35.6 Å². The topological polar surface area (TPSA) is 0 Å². The van der Waals surface area contributed by atoms with Gasteiger partial charge in [-0.1, -0.05) is 47.0 Å². The quantitative estimate of drug-likeness (QED) is 0.315. The molecule has 0 bridgehead atoms. The van der Waals surface area contributed by atoms with Gasteiger partial charge in [0.25, 0.3) is 0 Å². The molecule has 0 atom stereocenters. The van der Waals surface area contributed by atoms with Gasteiger partial charge < -0.3 is 0 Å². The van der Waals surface area contributed by atoms with Crippen LogP contribution in [0.15, 0.2) is 54.6 Å². The van der Waals surface area contributed by atoms with Gasteiger partial charge in [0, 0.05) is 25.8 Å². The van der Waals surface area contributed by atoms with Crippen LogP contribution in [0.1, 0.15) is 17.5 Å². The molecule has 108 valence electrons. The molecule has 3 heteroatoms. The number of hydrogen-bond acceptors (Lipinski definition) is 0. The average Bonchev–Trinajstić information content (AvgIpc) is 3.04. The van der Waals surface area contributed by atoms with E-state index in [9.17, 15) is 0 Å². The van der Waals surface area contributed by atoms with Crippen LogP contribution in [0.4, 0.5) is 0 Å². The summed E-state index contributed by atoms with van der Waals surface area (Å²) in [5, 5.41) is 2.82. The van der Waals surface area contributed by atoms with Crippen LogP contribution in [0, 0.1) is 0 Å². The minimum atomic E-state index is 0. The van der Waals surface area contributed by atoms with Crippen molar-refractivity contribution in [2.45, 2.75) is 19.3 Å². The van der Waals surface area contributed by atoms with Gasteiger partial charge in [-0.25, -0.2) is 0 Å². The zero-order valence-corrected chi connectivity index (χ0v) is 16.9. The van der Waals surface area contributed by atoms with Gasteiger partial charge in [0.15, 0.2) is 0 Å². The van der Waals surface area contributed by atoms with Gasteiger partial charge in [-0.2, -0.15) is 12.1 Å². The number of aryl methyl sites for hydroxylation is 1. The number of benzene rings is 2. The van der Waals surface area contributed by atoms with Crippen LogP contribution in [0.5, 0.6) is 0 Å². The summed E-state index contributed by atoms with van der Waals surface area (Å²) in [6, 6.07) is 19.9. The van der Waals surface area contributed by atoms with E-state index in [0.29, 0.717) is 0 Å². The van der Waals surface area contributed by atoms with Crippen LogP contribution in [-0.4, -0.2) is 0 Å². The maximum absolute atomic E-state index is 2.39. The molecule has 0 aromatic heterocycles. The van der Waals surface area contributed by atoms with Crippen LogP contribution < -0.4 is 0 Å². The fraction of sp³-hybridized carbons (Fsp3) is 0.167. The normalized spacial score (nSPS) is 12.0. The molecule has 0 spiro atoms. The summed E-state index contributed by atoms with van der Waals surface area (Å²) in [5.74, 6) is 0. The summed E-state index contributed by atoms with van der Waals surface area (Å²) in [5.41, 5.74) is 5.99. The zero-order valence-electron chi connectivity index (χ0n) is 11.6. The molecular weight excluding hydrogens is 466 g/mol. The minimum Gasteiger partial charge on any atom is -0.168 e. The van der Waals surface area contributed by atoms with E-state index in [-0.39, 0.29) is 50.7 Å². The first-order valence-corrected chi connectivity index (χ1v) is 6.69. The average molecular weight is 483 g/mol. The molecule has 0 aliphatic heterocycles. The Morgan fingerprint density at radius 2 is 1.67 bits per heavy atom. The summed E-state index contributed by atoms with van der Waals surface area (Å²) in [6.07, 6.45) is 3.79. The van der Waals surface area contributed by atoms with Crippen LogP contribution >= 0.6 is 24.8 Å². The Bertz CT molecular complexity index is 717. The number of halogens is 2. The zero-order chi connectivity index (χ0) is 11.9. The second kappa shape index (κ2) is 7.67. The minimum absolute atomic E-state index is 0. The molecule has 3 aromatic rings. The second-order valence-electron chi connectivity index (χ2n) is 5.14. The van der Waals surface area contributed by atoms with E-state index < -0.39 is 0 Å². The third kappa shape index (κ3) is 3.16. The molecular formula is C18H17Cl2Hf-.